The lowest BCUT2D eigenvalue weighted by Gasteiger charge is -2.23. The number of Topliss-reactive ketones (excluding diaryl/α,β-unsaturated/α-hetero) is 1. The van der Waals surface area contributed by atoms with Gasteiger partial charge in [-0.25, -0.2) is 9.97 Å². The van der Waals surface area contributed by atoms with E-state index < -0.39 is 17.7 Å². The molecule has 0 spiro atoms. The van der Waals surface area contributed by atoms with Crippen LogP contribution >= 0.6 is 11.3 Å². The zero-order valence-electron chi connectivity index (χ0n) is 20.3. The number of benzene rings is 2. The summed E-state index contributed by atoms with van der Waals surface area (Å²) in [5.41, 5.74) is 3.19. The highest BCUT2D eigenvalue weighted by molar-refractivity contribution is 7.14. The number of rotatable bonds is 6. The number of aromatic nitrogens is 3. The molecule has 38 heavy (non-hydrogen) atoms. The van der Waals surface area contributed by atoms with Gasteiger partial charge < -0.3 is 9.84 Å². The van der Waals surface area contributed by atoms with E-state index >= 15 is 0 Å². The highest BCUT2D eigenvalue weighted by Crippen LogP contribution is 2.43. The number of fused-ring (bicyclic) bond motifs is 1. The molecule has 0 saturated carbocycles. The fourth-order valence-corrected chi connectivity index (χ4v) is 5.36. The monoisotopic (exact) mass is 522 g/mol. The van der Waals surface area contributed by atoms with E-state index in [0.29, 0.717) is 40.1 Å². The zero-order valence-corrected chi connectivity index (χ0v) is 21.1. The van der Waals surface area contributed by atoms with Gasteiger partial charge in [-0.15, -0.1) is 11.3 Å². The molecule has 1 amide bonds. The first-order valence-electron chi connectivity index (χ1n) is 11.9. The molecule has 0 bridgehead atoms. The Morgan fingerprint density at radius 2 is 1.79 bits per heavy atom. The largest absolute Gasteiger partial charge is 0.505 e. The van der Waals surface area contributed by atoms with E-state index in [1.165, 1.54) is 16.2 Å². The van der Waals surface area contributed by atoms with E-state index in [9.17, 15) is 14.7 Å². The van der Waals surface area contributed by atoms with Crippen LogP contribution < -0.4 is 9.64 Å². The Morgan fingerprint density at radius 3 is 2.53 bits per heavy atom. The van der Waals surface area contributed by atoms with Crippen molar-refractivity contribution in [2.24, 2.45) is 0 Å². The highest BCUT2D eigenvalue weighted by atomic mass is 32.1. The second-order valence-electron chi connectivity index (χ2n) is 8.80. The fourth-order valence-electron chi connectivity index (χ4n) is 4.69. The lowest BCUT2D eigenvalue weighted by Crippen LogP contribution is -2.29. The molecular formula is C29H22N4O4S. The first kappa shape index (κ1) is 23.6. The van der Waals surface area contributed by atoms with Gasteiger partial charge in [-0.3, -0.25) is 18.9 Å². The number of aliphatic hydroxyl groups excluding tert-OH is 1. The molecular weight excluding hydrogens is 500 g/mol. The standard InChI is InChI=1S/C29H22N4O4S/c1-18-24(32-15-6-5-9-22(32)31-18)26(34)23-25(33(28(36)27(23)35)29-30-14-16-38-29)20-10-12-21(13-11-20)37-17-19-7-3-2-4-8-19/h2-16,25,34H,17H2,1H3/b26-23+. The molecule has 8 nitrogen and oxygen atoms in total. The van der Waals surface area contributed by atoms with E-state index in [1.807, 2.05) is 48.5 Å². The van der Waals surface area contributed by atoms with Crippen molar-refractivity contribution in [1.29, 1.82) is 0 Å². The maximum Gasteiger partial charge on any atom is 0.301 e. The van der Waals surface area contributed by atoms with Crippen molar-refractivity contribution in [1.82, 2.24) is 14.4 Å². The summed E-state index contributed by atoms with van der Waals surface area (Å²) < 4.78 is 7.62. The first-order chi connectivity index (χ1) is 18.5. The van der Waals surface area contributed by atoms with Crippen molar-refractivity contribution in [3.05, 3.63) is 119 Å². The smallest absolute Gasteiger partial charge is 0.301 e. The number of imidazole rings is 1. The fraction of sp³-hybridized carbons (Fsp3) is 0.103. The van der Waals surface area contributed by atoms with Gasteiger partial charge in [0.2, 0.25) is 0 Å². The Bertz CT molecular complexity index is 1680. The highest BCUT2D eigenvalue weighted by Gasteiger charge is 2.48. The molecule has 4 heterocycles. The molecule has 6 rings (SSSR count). The number of hydrogen-bond donors (Lipinski definition) is 1. The number of amides is 1. The van der Waals surface area contributed by atoms with Crippen molar-refractivity contribution in [3.8, 4) is 5.75 Å². The molecule has 1 aliphatic heterocycles. The van der Waals surface area contributed by atoms with Gasteiger partial charge in [-0.2, -0.15) is 0 Å². The van der Waals surface area contributed by atoms with Crippen LogP contribution in [0.25, 0.3) is 11.4 Å². The van der Waals surface area contributed by atoms with Crippen LogP contribution in [0.3, 0.4) is 0 Å². The van der Waals surface area contributed by atoms with Crippen LogP contribution in [0.15, 0.2) is 96.1 Å². The second-order valence-corrected chi connectivity index (χ2v) is 9.67. The molecule has 1 saturated heterocycles. The van der Waals surface area contributed by atoms with Crippen molar-refractivity contribution in [2.75, 3.05) is 4.90 Å². The van der Waals surface area contributed by atoms with Gasteiger partial charge in [0.05, 0.1) is 17.3 Å². The Hall–Kier alpha value is -4.76. The lowest BCUT2D eigenvalue weighted by atomic mass is 9.96. The number of anilines is 1. The molecule has 1 aliphatic rings. The minimum absolute atomic E-state index is 0.0168. The molecule has 5 aromatic rings. The molecule has 1 fully saturated rings. The number of pyridine rings is 1. The van der Waals surface area contributed by atoms with Gasteiger partial charge >= 0.3 is 5.91 Å². The van der Waals surface area contributed by atoms with E-state index in [2.05, 4.69) is 9.97 Å². The molecule has 0 aliphatic carbocycles. The first-order valence-corrected chi connectivity index (χ1v) is 12.8. The summed E-state index contributed by atoms with van der Waals surface area (Å²) in [5.74, 6) is -1.17. The Morgan fingerprint density at radius 1 is 1.03 bits per heavy atom. The average Bonchev–Trinajstić information content (AvgIpc) is 3.65. The van der Waals surface area contributed by atoms with Crippen LogP contribution in [0.4, 0.5) is 5.13 Å². The van der Waals surface area contributed by atoms with Gasteiger partial charge in [-0.05, 0) is 42.3 Å². The number of aryl methyl sites for hydroxylation is 1. The third-order valence-electron chi connectivity index (χ3n) is 6.44. The molecule has 188 valence electrons. The van der Waals surface area contributed by atoms with E-state index in [4.69, 9.17) is 4.74 Å². The van der Waals surface area contributed by atoms with Crippen LogP contribution in [0.1, 0.15) is 28.6 Å². The van der Waals surface area contributed by atoms with Gasteiger partial charge in [0, 0.05) is 17.8 Å². The van der Waals surface area contributed by atoms with Crippen LogP contribution in [-0.4, -0.2) is 31.2 Å². The van der Waals surface area contributed by atoms with Gasteiger partial charge in [0.25, 0.3) is 5.78 Å². The maximum absolute atomic E-state index is 13.4. The second kappa shape index (κ2) is 9.60. The predicted molar refractivity (Wildman–Crippen MR) is 144 cm³/mol. The summed E-state index contributed by atoms with van der Waals surface area (Å²) in [5, 5.41) is 13.7. The molecule has 0 radical (unpaired) electrons. The maximum atomic E-state index is 13.4. The average molecular weight is 523 g/mol. The van der Waals surface area contributed by atoms with E-state index in [0.717, 1.165) is 5.56 Å². The van der Waals surface area contributed by atoms with Gasteiger partial charge in [0.15, 0.2) is 10.9 Å². The SMILES string of the molecule is Cc1nc2ccccn2c1/C(O)=C1\C(=O)C(=O)N(c2nccs2)C1c1ccc(OCc2ccccc2)cc1. The van der Waals surface area contributed by atoms with Gasteiger partial charge in [0.1, 0.15) is 23.7 Å². The Balaban J connectivity index is 1.44. The summed E-state index contributed by atoms with van der Waals surface area (Å²) in [6.07, 6.45) is 3.33. The predicted octanol–water partition coefficient (Wildman–Crippen LogP) is 5.30. The van der Waals surface area contributed by atoms with Crippen molar-refractivity contribution in [2.45, 2.75) is 19.6 Å². The summed E-state index contributed by atoms with van der Waals surface area (Å²) in [6.45, 7) is 2.16. The lowest BCUT2D eigenvalue weighted by molar-refractivity contribution is -0.132. The van der Waals surface area contributed by atoms with Crippen LogP contribution in [0.2, 0.25) is 0 Å². The van der Waals surface area contributed by atoms with Crippen molar-refractivity contribution >= 4 is 39.6 Å². The van der Waals surface area contributed by atoms with E-state index in [-0.39, 0.29) is 11.3 Å². The number of aliphatic hydroxyl groups is 1. The molecule has 1 N–H and O–H groups in total. The number of thiazole rings is 1. The van der Waals surface area contributed by atoms with Crippen molar-refractivity contribution in [3.63, 3.8) is 0 Å². The third kappa shape index (κ3) is 4.03. The number of ether oxygens (including phenoxy) is 1. The number of carbonyl (C=O) groups is 2. The van der Waals surface area contributed by atoms with Crippen LogP contribution in [0.5, 0.6) is 5.75 Å². The summed E-state index contributed by atoms with van der Waals surface area (Å²) in [7, 11) is 0. The number of nitrogens with zero attached hydrogens (tertiary/aromatic N) is 4. The van der Waals surface area contributed by atoms with Crippen LogP contribution in [0, 0.1) is 6.92 Å². The quantitative estimate of drug-likeness (QED) is 0.185. The summed E-state index contributed by atoms with van der Waals surface area (Å²) in [6, 6.07) is 21.6. The normalized spacial score (nSPS) is 16.9. The minimum Gasteiger partial charge on any atom is -0.505 e. The summed E-state index contributed by atoms with van der Waals surface area (Å²) in [4.78, 5) is 36.9. The molecule has 1 unspecified atom stereocenters. The number of carbonyl (C=O) groups excluding carboxylic acids is 2. The zero-order chi connectivity index (χ0) is 26.2. The Labute approximate surface area is 222 Å². The number of ketones is 1. The molecule has 2 aromatic carbocycles. The molecule has 1 atom stereocenters. The Kier molecular flexibility index (Phi) is 5.97. The van der Waals surface area contributed by atoms with Crippen LogP contribution in [-0.2, 0) is 16.2 Å². The number of hydrogen-bond acceptors (Lipinski definition) is 7. The van der Waals surface area contributed by atoms with Crippen molar-refractivity contribution < 1.29 is 19.4 Å². The summed E-state index contributed by atoms with van der Waals surface area (Å²) >= 11 is 1.25. The molecule has 3 aromatic heterocycles. The van der Waals surface area contributed by atoms with E-state index in [1.54, 1.807) is 53.4 Å². The molecule has 9 heteroatoms. The topological polar surface area (TPSA) is 97.0 Å². The third-order valence-corrected chi connectivity index (χ3v) is 7.21. The minimum atomic E-state index is -0.877. The van der Waals surface area contributed by atoms with Gasteiger partial charge in [-0.1, -0.05) is 48.5 Å².